The highest BCUT2D eigenvalue weighted by molar-refractivity contribution is 5.71. The van der Waals surface area contributed by atoms with Gasteiger partial charge in [-0.1, -0.05) is 360 Å². The van der Waals surface area contributed by atoms with Crippen molar-refractivity contribution in [3.8, 4) is 0 Å². The van der Waals surface area contributed by atoms with E-state index in [4.69, 9.17) is 14.2 Å². The number of hydrogen-bond acceptors (Lipinski definition) is 6. The van der Waals surface area contributed by atoms with E-state index in [0.717, 1.165) is 77.0 Å². The van der Waals surface area contributed by atoms with Crippen LogP contribution in [0.25, 0.3) is 0 Å². The smallest absolute Gasteiger partial charge is 0.306 e. The number of unbranched alkanes of at least 4 members (excludes halogenated alkanes) is 52. The van der Waals surface area contributed by atoms with E-state index in [1.165, 1.54) is 289 Å². The second kappa shape index (κ2) is 68.4. The van der Waals surface area contributed by atoms with Crippen LogP contribution < -0.4 is 0 Å². The molecule has 0 saturated heterocycles. The molecule has 1 atom stereocenters. The topological polar surface area (TPSA) is 78.9 Å². The van der Waals surface area contributed by atoms with Gasteiger partial charge in [0.1, 0.15) is 13.2 Å². The van der Waals surface area contributed by atoms with Gasteiger partial charge in [0.15, 0.2) is 6.10 Å². The summed E-state index contributed by atoms with van der Waals surface area (Å²) in [6.45, 7) is 6.69. The zero-order chi connectivity index (χ0) is 57.1. The van der Waals surface area contributed by atoms with Crippen molar-refractivity contribution in [2.75, 3.05) is 13.2 Å². The Morgan fingerprint density at radius 1 is 0.253 bits per heavy atom. The van der Waals surface area contributed by atoms with E-state index in [1.54, 1.807) is 0 Å². The largest absolute Gasteiger partial charge is 0.462 e. The quantitative estimate of drug-likeness (QED) is 0.0261. The molecular weight excluding hydrogens is 973 g/mol. The highest BCUT2D eigenvalue weighted by Crippen LogP contribution is 2.19. The lowest BCUT2D eigenvalue weighted by Crippen LogP contribution is -2.30. The Kier molecular flexibility index (Phi) is 66.6. The van der Waals surface area contributed by atoms with Crippen LogP contribution in [0.3, 0.4) is 0 Å². The minimum Gasteiger partial charge on any atom is -0.462 e. The van der Waals surface area contributed by atoms with Crippen molar-refractivity contribution in [2.45, 2.75) is 412 Å². The molecule has 0 amide bonds. The minimum absolute atomic E-state index is 0.0693. The lowest BCUT2D eigenvalue weighted by Gasteiger charge is -2.18. The summed E-state index contributed by atoms with van der Waals surface area (Å²) in [5.41, 5.74) is 0. The molecule has 0 aliphatic carbocycles. The van der Waals surface area contributed by atoms with Gasteiger partial charge in [-0.25, -0.2) is 0 Å². The van der Waals surface area contributed by atoms with Crippen molar-refractivity contribution < 1.29 is 28.6 Å². The molecule has 0 spiro atoms. The third-order valence-corrected chi connectivity index (χ3v) is 16.5. The summed E-state index contributed by atoms with van der Waals surface area (Å²) < 4.78 is 17.0. The third kappa shape index (κ3) is 66.6. The molecule has 0 aliphatic heterocycles. The van der Waals surface area contributed by atoms with Crippen molar-refractivity contribution >= 4 is 17.9 Å². The SMILES string of the molecule is CCCCC/C=C\C/C=C\CCCCCCCC(=O)OCC(COC(=O)CCCCCCCCCCCCCCCCCCCCCCCCCCCCCCC)OC(=O)CCCCCCCCCCCCCCCCCCC. The monoisotopic (exact) mass is 1110 g/mol. The molecule has 0 aliphatic rings. The van der Waals surface area contributed by atoms with E-state index < -0.39 is 6.10 Å². The van der Waals surface area contributed by atoms with Gasteiger partial charge >= 0.3 is 17.9 Å². The highest BCUT2D eigenvalue weighted by Gasteiger charge is 2.19. The maximum atomic E-state index is 12.9. The van der Waals surface area contributed by atoms with Crippen LogP contribution in [0.5, 0.6) is 0 Å². The molecule has 0 saturated carbocycles. The Morgan fingerprint density at radius 3 is 0.722 bits per heavy atom. The van der Waals surface area contributed by atoms with Crippen molar-refractivity contribution in [1.82, 2.24) is 0 Å². The average molecular weight is 1110 g/mol. The van der Waals surface area contributed by atoms with Crippen LogP contribution in [0, 0.1) is 0 Å². The zero-order valence-corrected chi connectivity index (χ0v) is 53.7. The number of carbonyl (C=O) groups is 3. The molecule has 0 aromatic heterocycles. The average Bonchev–Trinajstić information content (AvgIpc) is 3.45. The fourth-order valence-electron chi connectivity index (χ4n) is 11.1. The molecule has 79 heavy (non-hydrogen) atoms. The van der Waals surface area contributed by atoms with Crippen LogP contribution in [-0.2, 0) is 28.6 Å². The Balaban J connectivity index is 4.18. The summed E-state index contributed by atoms with van der Waals surface area (Å²) in [5, 5.41) is 0. The molecule has 6 nitrogen and oxygen atoms in total. The van der Waals surface area contributed by atoms with Gasteiger partial charge in [-0.05, 0) is 51.4 Å². The van der Waals surface area contributed by atoms with E-state index >= 15 is 0 Å². The van der Waals surface area contributed by atoms with Gasteiger partial charge in [0.05, 0.1) is 0 Å². The van der Waals surface area contributed by atoms with Crippen LogP contribution in [-0.4, -0.2) is 37.2 Å². The zero-order valence-electron chi connectivity index (χ0n) is 53.7. The molecule has 0 bridgehead atoms. The summed E-state index contributed by atoms with van der Waals surface area (Å²) in [5.74, 6) is -0.851. The molecule has 0 fully saturated rings. The Labute approximate surface area is 493 Å². The van der Waals surface area contributed by atoms with Crippen molar-refractivity contribution in [3.05, 3.63) is 24.3 Å². The maximum Gasteiger partial charge on any atom is 0.306 e. The lowest BCUT2D eigenvalue weighted by molar-refractivity contribution is -0.167. The highest BCUT2D eigenvalue weighted by atomic mass is 16.6. The van der Waals surface area contributed by atoms with E-state index in [2.05, 4.69) is 45.1 Å². The van der Waals surface area contributed by atoms with Gasteiger partial charge < -0.3 is 14.2 Å². The number of ether oxygens (including phenoxy) is 3. The number of allylic oxidation sites excluding steroid dienone is 4. The molecule has 0 rings (SSSR count). The summed E-state index contributed by atoms with van der Waals surface area (Å²) in [7, 11) is 0. The van der Waals surface area contributed by atoms with Gasteiger partial charge in [0.2, 0.25) is 0 Å². The van der Waals surface area contributed by atoms with E-state index in [-0.39, 0.29) is 31.1 Å². The first-order valence-electron chi connectivity index (χ1n) is 35.8. The Bertz CT molecular complexity index is 1270. The standard InChI is InChI=1S/C73H138O6/c1-4-7-10-13-16-19-22-25-28-30-31-32-33-34-35-36-37-38-39-40-41-43-45-48-51-54-57-60-63-66-72(75)78-69-70(68-77-71(74)65-62-59-56-53-50-47-44-27-24-21-18-15-12-9-6-3)79-73(76)67-64-61-58-55-52-49-46-42-29-26-23-20-17-14-11-8-5-2/h18,21,27,44,70H,4-17,19-20,22-26,28-43,45-69H2,1-3H3/b21-18-,44-27-. The first kappa shape index (κ1) is 76.9. The van der Waals surface area contributed by atoms with Gasteiger partial charge in [-0.15, -0.1) is 0 Å². The summed E-state index contributed by atoms with van der Waals surface area (Å²) in [6, 6.07) is 0. The lowest BCUT2D eigenvalue weighted by atomic mass is 10.0. The Morgan fingerprint density at radius 2 is 0.456 bits per heavy atom. The Hall–Kier alpha value is -2.11. The maximum absolute atomic E-state index is 12.9. The fraction of sp³-hybridized carbons (Fsp3) is 0.904. The van der Waals surface area contributed by atoms with Crippen LogP contribution in [0.15, 0.2) is 24.3 Å². The molecule has 0 aromatic rings. The molecule has 6 heteroatoms. The molecule has 1 unspecified atom stereocenters. The summed E-state index contributed by atoms with van der Waals surface area (Å²) in [6.07, 6.45) is 83.6. The fourth-order valence-corrected chi connectivity index (χ4v) is 11.1. The van der Waals surface area contributed by atoms with E-state index in [0.29, 0.717) is 19.3 Å². The van der Waals surface area contributed by atoms with Crippen LogP contribution >= 0.6 is 0 Å². The third-order valence-electron chi connectivity index (χ3n) is 16.5. The van der Waals surface area contributed by atoms with Crippen molar-refractivity contribution in [3.63, 3.8) is 0 Å². The molecule has 0 radical (unpaired) electrons. The second-order valence-electron chi connectivity index (χ2n) is 24.5. The van der Waals surface area contributed by atoms with E-state index in [1.807, 2.05) is 0 Å². The first-order valence-corrected chi connectivity index (χ1v) is 35.8. The molecule has 466 valence electrons. The molecule has 0 N–H and O–H groups in total. The normalized spacial score (nSPS) is 12.1. The van der Waals surface area contributed by atoms with Gasteiger partial charge in [0.25, 0.3) is 0 Å². The molecule has 0 aromatic carbocycles. The van der Waals surface area contributed by atoms with Gasteiger partial charge in [-0.2, -0.15) is 0 Å². The minimum atomic E-state index is -0.774. The van der Waals surface area contributed by atoms with Crippen LogP contribution in [0.2, 0.25) is 0 Å². The number of carbonyl (C=O) groups excluding carboxylic acids is 3. The van der Waals surface area contributed by atoms with Crippen LogP contribution in [0.1, 0.15) is 406 Å². The van der Waals surface area contributed by atoms with Crippen molar-refractivity contribution in [1.29, 1.82) is 0 Å². The molecule has 0 heterocycles. The van der Waals surface area contributed by atoms with Crippen LogP contribution in [0.4, 0.5) is 0 Å². The van der Waals surface area contributed by atoms with Crippen molar-refractivity contribution in [2.24, 2.45) is 0 Å². The summed E-state index contributed by atoms with van der Waals surface area (Å²) in [4.78, 5) is 38.4. The molecular formula is C73H138O6. The van der Waals surface area contributed by atoms with Gasteiger partial charge in [0, 0.05) is 19.3 Å². The van der Waals surface area contributed by atoms with E-state index in [9.17, 15) is 14.4 Å². The number of rotatable bonds is 67. The summed E-state index contributed by atoms with van der Waals surface area (Å²) >= 11 is 0. The first-order chi connectivity index (χ1) is 39.0. The number of hydrogen-bond donors (Lipinski definition) is 0. The predicted octanol–water partition coefficient (Wildman–Crippen LogP) is 24.6. The van der Waals surface area contributed by atoms with Gasteiger partial charge in [-0.3, -0.25) is 14.4 Å². The number of esters is 3. The predicted molar refractivity (Wildman–Crippen MR) is 344 cm³/mol. The second-order valence-corrected chi connectivity index (χ2v) is 24.5.